The molecule has 20 heavy (non-hydrogen) atoms. The van der Waals surface area contributed by atoms with E-state index in [2.05, 4.69) is 6.92 Å². The van der Waals surface area contributed by atoms with Gasteiger partial charge in [-0.25, -0.2) is 0 Å². The van der Waals surface area contributed by atoms with E-state index in [9.17, 15) is 13.5 Å². The molecule has 1 rings (SSSR count). The van der Waals surface area contributed by atoms with Crippen LogP contribution < -0.4 is 0 Å². The van der Waals surface area contributed by atoms with Crippen LogP contribution in [0.1, 0.15) is 63.5 Å². The Morgan fingerprint density at radius 2 is 1.65 bits per heavy atom. The number of hydrogen-bond donors (Lipinski definition) is 2. The van der Waals surface area contributed by atoms with Gasteiger partial charge in [-0.1, -0.05) is 63.6 Å². The Balaban J connectivity index is 2.54. The van der Waals surface area contributed by atoms with Crippen molar-refractivity contribution in [3.05, 3.63) is 29.8 Å². The quantitative estimate of drug-likeness (QED) is 0.538. The highest BCUT2D eigenvalue weighted by molar-refractivity contribution is 7.85. The molecule has 1 aromatic carbocycles. The largest absolute Gasteiger partial charge is 0.388 e. The molecule has 0 bridgehead atoms. The molecule has 0 saturated carbocycles. The molecule has 0 amide bonds. The van der Waals surface area contributed by atoms with Crippen LogP contribution in [0.25, 0.3) is 0 Å². The van der Waals surface area contributed by atoms with E-state index in [-0.39, 0.29) is 10.5 Å². The predicted molar refractivity (Wildman–Crippen MR) is 79.2 cm³/mol. The summed E-state index contributed by atoms with van der Waals surface area (Å²) in [7, 11) is -4.28. The zero-order valence-electron chi connectivity index (χ0n) is 12.0. The Morgan fingerprint density at radius 1 is 1.05 bits per heavy atom. The van der Waals surface area contributed by atoms with Gasteiger partial charge in [0.25, 0.3) is 10.1 Å². The smallest absolute Gasteiger partial charge is 0.294 e. The van der Waals surface area contributed by atoms with Crippen molar-refractivity contribution in [1.29, 1.82) is 0 Å². The summed E-state index contributed by atoms with van der Waals surface area (Å²) in [5, 5.41) is 10.1. The molecule has 0 aliphatic carbocycles. The summed E-state index contributed by atoms with van der Waals surface area (Å²) in [5.41, 5.74) is 0.281. The lowest BCUT2D eigenvalue weighted by Crippen LogP contribution is -2.07. The van der Waals surface area contributed by atoms with E-state index in [0.717, 1.165) is 19.3 Å². The molecule has 0 radical (unpaired) electrons. The normalized spacial score (nSPS) is 13.3. The van der Waals surface area contributed by atoms with E-state index >= 15 is 0 Å². The molecule has 0 aliphatic heterocycles. The number of benzene rings is 1. The van der Waals surface area contributed by atoms with Crippen LogP contribution in [0.5, 0.6) is 0 Å². The third-order valence-corrected chi connectivity index (χ3v) is 4.31. The summed E-state index contributed by atoms with van der Waals surface area (Å²) in [6.45, 7) is 2.16. The fourth-order valence-electron chi connectivity index (χ4n) is 2.26. The van der Waals surface area contributed by atoms with Crippen LogP contribution in [0, 0.1) is 0 Å². The van der Waals surface area contributed by atoms with Gasteiger partial charge in [0, 0.05) is 5.56 Å². The number of rotatable bonds is 9. The first-order valence-corrected chi connectivity index (χ1v) is 8.65. The topological polar surface area (TPSA) is 74.6 Å². The minimum absolute atomic E-state index is 0.196. The van der Waals surface area contributed by atoms with Crippen LogP contribution in [0.15, 0.2) is 29.2 Å². The first kappa shape index (κ1) is 17.1. The Bertz CT molecular complexity index is 496. The number of unbranched alkanes of at least 4 members (excludes halogenated alkanes) is 5. The molecule has 0 spiro atoms. The summed E-state index contributed by atoms with van der Waals surface area (Å²) in [6.07, 6.45) is 6.32. The summed E-state index contributed by atoms with van der Waals surface area (Å²) in [5.74, 6) is 0. The summed E-state index contributed by atoms with van der Waals surface area (Å²) < 4.78 is 31.7. The van der Waals surface area contributed by atoms with E-state index in [0.29, 0.717) is 6.42 Å². The van der Waals surface area contributed by atoms with Gasteiger partial charge in [-0.15, -0.1) is 0 Å². The highest BCUT2D eigenvalue weighted by Crippen LogP contribution is 2.26. The summed E-state index contributed by atoms with van der Waals surface area (Å²) >= 11 is 0. The van der Waals surface area contributed by atoms with Gasteiger partial charge in [-0.2, -0.15) is 8.42 Å². The molecule has 4 nitrogen and oxygen atoms in total. The van der Waals surface area contributed by atoms with Crippen molar-refractivity contribution in [2.45, 2.75) is 62.9 Å². The molecular formula is C15H24O4S. The Labute approximate surface area is 121 Å². The van der Waals surface area contributed by atoms with E-state index < -0.39 is 16.2 Å². The number of aliphatic hydroxyl groups excluding tert-OH is 1. The van der Waals surface area contributed by atoms with Gasteiger partial charge >= 0.3 is 0 Å². The molecule has 114 valence electrons. The lowest BCUT2D eigenvalue weighted by atomic mass is 10.0. The second-order valence-corrected chi connectivity index (χ2v) is 6.48. The highest BCUT2D eigenvalue weighted by Gasteiger charge is 2.19. The predicted octanol–water partition coefficient (Wildman–Crippen LogP) is 3.72. The van der Waals surface area contributed by atoms with E-state index in [1.54, 1.807) is 12.1 Å². The fourth-order valence-corrected chi connectivity index (χ4v) is 3.02. The van der Waals surface area contributed by atoms with Gasteiger partial charge in [0.05, 0.1) is 11.0 Å². The first-order valence-electron chi connectivity index (χ1n) is 7.21. The fraction of sp³-hybridized carbons (Fsp3) is 0.600. The van der Waals surface area contributed by atoms with Crippen molar-refractivity contribution in [2.24, 2.45) is 0 Å². The molecule has 1 aromatic rings. The molecule has 0 aliphatic rings. The number of aliphatic hydroxyl groups is 1. The maximum Gasteiger partial charge on any atom is 0.294 e. The zero-order chi connectivity index (χ0) is 15.0. The van der Waals surface area contributed by atoms with Crippen molar-refractivity contribution >= 4 is 10.1 Å². The molecule has 0 fully saturated rings. The lowest BCUT2D eigenvalue weighted by Gasteiger charge is -2.13. The van der Waals surface area contributed by atoms with E-state index in [1.807, 2.05) is 0 Å². The third kappa shape index (κ3) is 5.61. The average Bonchev–Trinajstić information content (AvgIpc) is 2.41. The maximum atomic E-state index is 11.3. The Morgan fingerprint density at radius 3 is 2.30 bits per heavy atom. The molecule has 5 heteroatoms. The van der Waals surface area contributed by atoms with Crippen molar-refractivity contribution in [2.75, 3.05) is 0 Å². The second-order valence-electron chi connectivity index (χ2n) is 5.09. The van der Waals surface area contributed by atoms with Crippen LogP contribution in [-0.4, -0.2) is 18.1 Å². The molecule has 0 saturated heterocycles. The van der Waals surface area contributed by atoms with E-state index in [1.165, 1.54) is 31.4 Å². The molecule has 0 aromatic heterocycles. The summed E-state index contributed by atoms with van der Waals surface area (Å²) in [4.78, 5) is -0.196. The number of hydrogen-bond acceptors (Lipinski definition) is 3. The Kier molecular flexibility index (Phi) is 7.19. The van der Waals surface area contributed by atoms with Gasteiger partial charge in [-0.3, -0.25) is 4.55 Å². The molecule has 2 N–H and O–H groups in total. The second kappa shape index (κ2) is 8.39. The van der Waals surface area contributed by atoms with Gasteiger partial charge in [0.1, 0.15) is 0 Å². The van der Waals surface area contributed by atoms with Crippen molar-refractivity contribution in [1.82, 2.24) is 0 Å². The monoisotopic (exact) mass is 300 g/mol. The van der Waals surface area contributed by atoms with Crippen LogP contribution in [-0.2, 0) is 10.1 Å². The minimum Gasteiger partial charge on any atom is -0.388 e. The van der Waals surface area contributed by atoms with Crippen LogP contribution in [0.3, 0.4) is 0 Å². The van der Waals surface area contributed by atoms with Crippen molar-refractivity contribution in [3.8, 4) is 0 Å². The summed E-state index contributed by atoms with van der Waals surface area (Å²) in [6, 6.07) is 6.05. The van der Waals surface area contributed by atoms with Crippen LogP contribution in [0.4, 0.5) is 0 Å². The van der Waals surface area contributed by atoms with Gasteiger partial charge < -0.3 is 5.11 Å². The molecule has 1 atom stereocenters. The molecule has 1 unspecified atom stereocenters. The van der Waals surface area contributed by atoms with Crippen molar-refractivity contribution < 1.29 is 18.1 Å². The Hall–Kier alpha value is -0.910. The standard InChI is InChI=1S/C15H24O4S/c1-2-3-4-5-6-7-11-14(16)13-10-8-9-12-15(13)20(17,18)19/h8-10,12,14,16H,2-7,11H2,1H3,(H,17,18,19). The first-order chi connectivity index (χ1) is 9.46. The average molecular weight is 300 g/mol. The van der Waals surface area contributed by atoms with Crippen molar-refractivity contribution in [3.63, 3.8) is 0 Å². The van der Waals surface area contributed by atoms with Gasteiger partial charge in [-0.05, 0) is 12.5 Å². The minimum atomic E-state index is -4.28. The lowest BCUT2D eigenvalue weighted by molar-refractivity contribution is 0.160. The molecule has 0 heterocycles. The third-order valence-electron chi connectivity index (χ3n) is 3.39. The SMILES string of the molecule is CCCCCCCCC(O)c1ccccc1S(=O)(=O)O. The molecular weight excluding hydrogens is 276 g/mol. The van der Waals surface area contributed by atoms with Gasteiger partial charge in [0.2, 0.25) is 0 Å². The van der Waals surface area contributed by atoms with Gasteiger partial charge in [0.15, 0.2) is 0 Å². The van der Waals surface area contributed by atoms with Crippen LogP contribution in [0.2, 0.25) is 0 Å². The van der Waals surface area contributed by atoms with Crippen LogP contribution >= 0.6 is 0 Å². The highest BCUT2D eigenvalue weighted by atomic mass is 32.2. The zero-order valence-corrected chi connectivity index (χ0v) is 12.8. The maximum absolute atomic E-state index is 11.3. The van der Waals surface area contributed by atoms with E-state index in [4.69, 9.17) is 4.55 Å².